The zero-order valence-corrected chi connectivity index (χ0v) is 12.4. The fraction of sp³-hybridized carbons (Fsp3) is 0.294. The van der Waals surface area contributed by atoms with Crippen molar-refractivity contribution in [1.29, 1.82) is 0 Å². The van der Waals surface area contributed by atoms with Gasteiger partial charge in [-0.2, -0.15) is 0 Å². The van der Waals surface area contributed by atoms with Crippen LogP contribution in [0, 0.1) is 13.8 Å². The fourth-order valence-corrected chi connectivity index (χ4v) is 3.04. The quantitative estimate of drug-likeness (QED) is 0.839. The highest BCUT2D eigenvalue weighted by molar-refractivity contribution is 6.30. The molecule has 3 heteroatoms. The molecule has 0 spiro atoms. The molecule has 2 atom stereocenters. The van der Waals surface area contributed by atoms with Gasteiger partial charge in [-0.3, -0.25) is 0 Å². The Labute approximate surface area is 124 Å². The Balaban J connectivity index is 1.97. The lowest BCUT2D eigenvalue weighted by Crippen LogP contribution is -2.24. The number of hydrogen-bond acceptors (Lipinski definition) is 2. The van der Waals surface area contributed by atoms with Gasteiger partial charge in [0.05, 0.1) is 0 Å². The highest BCUT2D eigenvalue weighted by Gasteiger charge is 2.27. The highest BCUT2D eigenvalue weighted by Crippen LogP contribution is 2.41. The molecule has 0 saturated carbocycles. The van der Waals surface area contributed by atoms with Crippen molar-refractivity contribution in [1.82, 2.24) is 0 Å². The molecule has 2 nitrogen and oxygen atoms in total. The van der Waals surface area contributed by atoms with Crippen LogP contribution < -0.4 is 10.5 Å². The first-order valence-electron chi connectivity index (χ1n) is 6.83. The third kappa shape index (κ3) is 2.41. The maximum Gasteiger partial charge on any atom is 0.126 e. The molecule has 1 unspecified atom stereocenters. The molecule has 3 rings (SSSR count). The molecular formula is C17H18ClNO. The number of rotatable bonds is 1. The first-order chi connectivity index (χ1) is 9.54. The zero-order chi connectivity index (χ0) is 14.3. The summed E-state index contributed by atoms with van der Waals surface area (Å²) in [6, 6.07) is 12.1. The summed E-state index contributed by atoms with van der Waals surface area (Å²) in [7, 11) is 0. The summed E-state index contributed by atoms with van der Waals surface area (Å²) in [5, 5.41) is 0.752. The molecule has 0 fully saturated rings. The summed E-state index contributed by atoms with van der Waals surface area (Å²) in [6.45, 7) is 4.13. The van der Waals surface area contributed by atoms with Crippen LogP contribution in [0.5, 0.6) is 5.75 Å². The minimum Gasteiger partial charge on any atom is -0.485 e. The van der Waals surface area contributed by atoms with Crippen molar-refractivity contribution >= 4 is 11.6 Å². The third-order valence-corrected chi connectivity index (χ3v) is 4.12. The Morgan fingerprint density at radius 3 is 2.65 bits per heavy atom. The number of ether oxygens (including phenoxy) is 1. The van der Waals surface area contributed by atoms with E-state index in [9.17, 15) is 0 Å². The van der Waals surface area contributed by atoms with Crippen LogP contribution >= 0.6 is 11.6 Å². The van der Waals surface area contributed by atoms with Crippen LogP contribution in [0.1, 0.15) is 40.8 Å². The van der Waals surface area contributed by atoms with Gasteiger partial charge in [0, 0.05) is 23.0 Å². The van der Waals surface area contributed by atoms with E-state index >= 15 is 0 Å². The van der Waals surface area contributed by atoms with Crippen molar-refractivity contribution in [3.63, 3.8) is 0 Å². The van der Waals surface area contributed by atoms with E-state index in [1.807, 2.05) is 24.3 Å². The van der Waals surface area contributed by atoms with Gasteiger partial charge in [-0.1, -0.05) is 35.4 Å². The van der Waals surface area contributed by atoms with Gasteiger partial charge in [-0.25, -0.2) is 0 Å². The maximum atomic E-state index is 6.32. The molecule has 0 aliphatic carbocycles. The highest BCUT2D eigenvalue weighted by atomic mass is 35.5. The Bertz CT molecular complexity index is 653. The second-order valence-corrected chi connectivity index (χ2v) is 5.93. The van der Waals surface area contributed by atoms with Crippen molar-refractivity contribution in [3.05, 3.63) is 63.7 Å². The molecule has 0 bridgehead atoms. The second-order valence-electron chi connectivity index (χ2n) is 5.49. The molecular weight excluding hydrogens is 270 g/mol. The van der Waals surface area contributed by atoms with E-state index in [1.165, 1.54) is 5.56 Å². The lowest BCUT2D eigenvalue weighted by atomic mass is 9.91. The van der Waals surface area contributed by atoms with Gasteiger partial charge in [0.1, 0.15) is 11.9 Å². The Morgan fingerprint density at radius 1 is 1.10 bits per heavy atom. The SMILES string of the molecule is Cc1ccc2c(c1)[C@H](N)CC(c1ccc(Cl)cc1C)O2. The Morgan fingerprint density at radius 2 is 1.90 bits per heavy atom. The predicted molar refractivity (Wildman–Crippen MR) is 82.3 cm³/mol. The van der Waals surface area contributed by atoms with Crippen molar-refractivity contribution in [2.24, 2.45) is 5.73 Å². The van der Waals surface area contributed by atoms with Crippen LogP contribution in [0.15, 0.2) is 36.4 Å². The van der Waals surface area contributed by atoms with Crippen LogP contribution in [-0.2, 0) is 0 Å². The van der Waals surface area contributed by atoms with E-state index < -0.39 is 0 Å². The predicted octanol–water partition coefficient (Wildman–Crippen LogP) is 4.48. The fourth-order valence-electron chi connectivity index (χ4n) is 2.81. The number of benzene rings is 2. The summed E-state index contributed by atoms with van der Waals surface area (Å²) < 4.78 is 6.14. The van der Waals surface area contributed by atoms with Gasteiger partial charge in [-0.05, 0) is 43.2 Å². The van der Waals surface area contributed by atoms with E-state index in [4.69, 9.17) is 22.1 Å². The van der Waals surface area contributed by atoms with Crippen molar-refractivity contribution in [3.8, 4) is 5.75 Å². The lowest BCUT2D eigenvalue weighted by Gasteiger charge is -2.31. The number of hydrogen-bond donors (Lipinski definition) is 1. The molecule has 2 aromatic rings. The Kier molecular flexibility index (Phi) is 3.45. The molecule has 20 heavy (non-hydrogen) atoms. The summed E-state index contributed by atoms with van der Waals surface area (Å²) >= 11 is 6.02. The van der Waals surface area contributed by atoms with E-state index in [0.717, 1.165) is 33.9 Å². The standard InChI is InChI=1S/C17H18ClNO/c1-10-3-6-16-14(7-10)15(19)9-17(20-16)13-5-4-12(18)8-11(13)2/h3-8,15,17H,9,19H2,1-2H3/t15-,17?/m1/s1. The van der Waals surface area contributed by atoms with Crippen LogP contribution in [0.2, 0.25) is 5.02 Å². The molecule has 104 valence electrons. The monoisotopic (exact) mass is 287 g/mol. The van der Waals surface area contributed by atoms with Gasteiger partial charge in [0.2, 0.25) is 0 Å². The third-order valence-electron chi connectivity index (χ3n) is 3.88. The van der Waals surface area contributed by atoms with E-state index in [2.05, 4.69) is 26.0 Å². The van der Waals surface area contributed by atoms with Crippen molar-refractivity contribution < 1.29 is 4.74 Å². The van der Waals surface area contributed by atoms with Crippen LogP contribution in [0.3, 0.4) is 0 Å². The van der Waals surface area contributed by atoms with Crippen molar-refractivity contribution in [2.75, 3.05) is 0 Å². The average molecular weight is 288 g/mol. The zero-order valence-electron chi connectivity index (χ0n) is 11.7. The minimum atomic E-state index is -0.00234. The normalized spacial score (nSPS) is 21.2. The molecule has 1 aliphatic rings. The number of nitrogens with two attached hydrogens (primary N) is 1. The van der Waals surface area contributed by atoms with Gasteiger partial charge in [0.15, 0.2) is 0 Å². The smallest absolute Gasteiger partial charge is 0.126 e. The minimum absolute atomic E-state index is 0.00234. The lowest BCUT2D eigenvalue weighted by molar-refractivity contribution is 0.161. The number of fused-ring (bicyclic) bond motifs is 1. The Hall–Kier alpha value is -1.51. The van der Waals surface area contributed by atoms with Crippen LogP contribution in [-0.4, -0.2) is 0 Å². The van der Waals surface area contributed by atoms with Crippen LogP contribution in [0.25, 0.3) is 0 Å². The van der Waals surface area contributed by atoms with E-state index in [-0.39, 0.29) is 12.1 Å². The molecule has 0 radical (unpaired) electrons. The summed E-state index contributed by atoms with van der Waals surface area (Å²) in [5.41, 5.74) is 10.9. The topological polar surface area (TPSA) is 35.2 Å². The summed E-state index contributed by atoms with van der Waals surface area (Å²) in [5.74, 6) is 0.897. The number of halogens is 1. The summed E-state index contributed by atoms with van der Waals surface area (Å²) in [4.78, 5) is 0. The van der Waals surface area contributed by atoms with E-state index in [0.29, 0.717) is 0 Å². The van der Waals surface area contributed by atoms with Gasteiger partial charge in [-0.15, -0.1) is 0 Å². The summed E-state index contributed by atoms with van der Waals surface area (Å²) in [6.07, 6.45) is 0.788. The number of aryl methyl sites for hydroxylation is 2. The van der Waals surface area contributed by atoms with E-state index in [1.54, 1.807) is 0 Å². The van der Waals surface area contributed by atoms with Crippen molar-refractivity contribution in [2.45, 2.75) is 32.4 Å². The average Bonchev–Trinajstić information content (AvgIpc) is 2.39. The molecule has 2 N–H and O–H groups in total. The first-order valence-corrected chi connectivity index (χ1v) is 7.21. The molecule has 2 aromatic carbocycles. The van der Waals surface area contributed by atoms with Gasteiger partial charge >= 0.3 is 0 Å². The molecule has 0 aromatic heterocycles. The maximum absolute atomic E-state index is 6.32. The molecule has 0 saturated heterocycles. The van der Waals surface area contributed by atoms with Gasteiger partial charge in [0.25, 0.3) is 0 Å². The first kappa shape index (κ1) is 13.5. The molecule has 0 amide bonds. The second kappa shape index (κ2) is 5.12. The molecule has 1 aliphatic heterocycles. The van der Waals surface area contributed by atoms with Crippen LogP contribution in [0.4, 0.5) is 0 Å². The largest absolute Gasteiger partial charge is 0.485 e. The molecule has 1 heterocycles. The van der Waals surface area contributed by atoms with Gasteiger partial charge < -0.3 is 10.5 Å².